The molecule has 154 valence electrons. The van der Waals surface area contributed by atoms with Crippen LogP contribution in [0, 0.1) is 0 Å². The highest BCUT2D eigenvalue weighted by atomic mass is 16.5. The molecule has 1 aliphatic carbocycles. The van der Waals surface area contributed by atoms with E-state index in [1.165, 1.54) is 29.3 Å². The van der Waals surface area contributed by atoms with Crippen molar-refractivity contribution in [3.05, 3.63) is 89.2 Å². The lowest BCUT2D eigenvalue weighted by Gasteiger charge is -2.26. The van der Waals surface area contributed by atoms with Crippen LogP contribution in [-0.4, -0.2) is 24.0 Å². The van der Waals surface area contributed by atoms with Gasteiger partial charge < -0.3 is 15.8 Å². The molecular formula is C25H27N3O2. The Morgan fingerprint density at radius 3 is 2.87 bits per heavy atom. The number of carbonyl (C=O) groups is 1. The maximum absolute atomic E-state index is 11.6. The van der Waals surface area contributed by atoms with E-state index in [0.717, 1.165) is 38.1 Å². The molecule has 1 unspecified atom stereocenters. The Balaban J connectivity index is 1.43. The molecule has 5 nitrogen and oxygen atoms in total. The Morgan fingerprint density at radius 1 is 1.17 bits per heavy atom. The topological polar surface area (TPSA) is 77.2 Å². The van der Waals surface area contributed by atoms with Crippen molar-refractivity contribution in [2.45, 2.75) is 31.6 Å². The van der Waals surface area contributed by atoms with Gasteiger partial charge in [-0.3, -0.25) is 9.78 Å². The number of amides is 1. The number of rotatable bonds is 8. The van der Waals surface area contributed by atoms with Crippen LogP contribution >= 0.6 is 0 Å². The number of fused-ring (bicyclic) bond motifs is 1. The summed E-state index contributed by atoms with van der Waals surface area (Å²) in [4.78, 5) is 15.6. The van der Waals surface area contributed by atoms with Gasteiger partial charge in [-0.05, 0) is 73.0 Å². The molecule has 0 spiro atoms. The number of hydrogen-bond donors (Lipinski definition) is 2. The molecule has 1 aliphatic rings. The summed E-state index contributed by atoms with van der Waals surface area (Å²) in [5, 5.41) is 3.63. The highest BCUT2D eigenvalue weighted by Crippen LogP contribution is 2.35. The molecule has 3 aromatic rings. The van der Waals surface area contributed by atoms with Crippen LogP contribution in [0.2, 0.25) is 0 Å². The summed E-state index contributed by atoms with van der Waals surface area (Å²) in [7, 11) is 0. The van der Waals surface area contributed by atoms with Gasteiger partial charge >= 0.3 is 0 Å². The van der Waals surface area contributed by atoms with E-state index in [4.69, 9.17) is 10.5 Å². The number of nitrogens with one attached hydrogen (secondary N) is 1. The van der Waals surface area contributed by atoms with E-state index in [0.29, 0.717) is 11.7 Å². The van der Waals surface area contributed by atoms with Crippen molar-refractivity contribution >= 4 is 5.91 Å². The molecule has 0 radical (unpaired) electrons. The van der Waals surface area contributed by atoms with Gasteiger partial charge in [0.05, 0.1) is 0 Å². The fourth-order valence-electron chi connectivity index (χ4n) is 4.09. The molecule has 5 heteroatoms. The number of ether oxygens (including phenoxy) is 1. The SMILES string of the molecule is NC(=O)c1cnccc1Oc1ccc2c(c1)C(CNCCc1ccccc1)CCC2. The van der Waals surface area contributed by atoms with Gasteiger partial charge in [0, 0.05) is 18.9 Å². The summed E-state index contributed by atoms with van der Waals surface area (Å²) < 4.78 is 6.01. The molecule has 1 amide bonds. The van der Waals surface area contributed by atoms with E-state index in [2.05, 4.69) is 46.7 Å². The van der Waals surface area contributed by atoms with Gasteiger partial charge in [-0.15, -0.1) is 0 Å². The lowest BCUT2D eigenvalue weighted by Crippen LogP contribution is -2.26. The zero-order chi connectivity index (χ0) is 20.8. The van der Waals surface area contributed by atoms with Crippen molar-refractivity contribution in [2.75, 3.05) is 13.1 Å². The first-order valence-corrected chi connectivity index (χ1v) is 10.5. The smallest absolute Gasteiger partial charge is 0.254 e. The molecular weight excluding hydrogens is 374 g/mol. The minimum atomic E-state index is -0.545. The lowest BCUT2D eigenvalue weighted by atomic mass is 9.82. The normalized spacial score (nSPS) is 15.4. The van der Waals surface area contributed by atoms with Gasteiger partial charge in [-0.1, -0.05) is 36.4 Å². The number of benzene rings is 2. The highest BCUT2D eigenvalue weighted by Gasteiger charge is 2.21. The summed E-state index contributed by atoms with van der Waals surface area (Å²) >= 11 is 0. The van der Waals surface area contributed by atoms with Crippen LogP contribution in [0.4, 0.5) is 0 Å². The van der Waals surface area contributed by atoms with Gasteiger partial charge in [0.2, 0.25) is 0 Å². The van der Waals surface area contributed by atoms with Gasteiger partial charge in [-0.25, -0.2) is 0 Å². The maximum atomic E-state index is 11.6. The van der Waals surface area contributed by atoms with Gasteiger partial charge in [0.15, 0.2) is 0 Å². The zero-order valence-corrected chi connectivity index (χ0v) is 17.0. The van der Waals surface area contributed by atoms with Crippen LogP contribution in [0.1, 0.15) is 45.8 Å². The summed E-state index contributed by atoms with van der Waals surface area (Å²) in [6.45, 7) is 1.91. The average molecular weight is 402 g/mol. The number of hydrogen-bond acceptors (Lipinski definition) is 4. The molecule has 1 aromatic heterocycles. The lowest BCUT2D eigenvalue weighted by molar-refractivity contribution is 0.0997. The van der Waals surface area contributed by atoms with E-state index in [-0.39, 0.29) is 5.56 Å². The molecule has 30 heavy (non-hydrogen) atoms. The number of carbonyl (C=O) groups excluding carboxylic acids is 1. The number of primary amides is 1. The van der Waals surface area contributed by atoms with Gasteiger partial charge in [-0.2, -0.15) is 0 Å². The number of aromatic nitrogens is 1. The Hall–Kier alpha value is -3.18. The largest absolute Gasteiger partial charge is 0.456 e. The third-order valence-corrected chi connectivity index (χ3v) is 5.65. The molecule has 4 rings (SSSR count). The Morgan fingerprint density at radius 2 is 2.03 bits per heavy atom. The Kier molecular flexibility index (Phi) is 6.40. The minimum absolute atomic E-state index is 0.286. The fraction of sp³-hybridized carbons (Fsp3) is 0.280. The standard InChI is InChI=1S/C25H27N3O2/c26-25(29)23-17-28-14-12-24(23)30-21-10-9-19-7-4-8-20(22(19)15-21)16-27-13-11-18-5-2-1-3-6-18/h1-3,5-6,9-10,12,14-15,17,20,27H,4,7-8,11,13,16H2,(H2,26,29). The van der Waals surface area contributed by atoms with Crippen molar-refractivity contribution < 1.29 is 9.53 Å². The summed E-state index contributed by atoms with van der Waals surface area (Å²) in [5.74, 6) is 1.07. The second-order valence-electron chi connectivity index (χ2n) is 7.73. The first-order valence-electron chi connectivity index (χ1n) is 10.5. The molecule has 2 aromatic carbocycles. The molecule has 1 heterocycles. The maximum Gasteiger partial charge on any atom is 0.254 e. The van der Waals surface area contributed by atoms with Crippen molar-refractivity contribution in [3.8, 4) is 11.5 Å². The fourth-order valence-corrected chi connectivity index (χ4v) is 4.09. The molecule has 3 N–H and O–H groups in total. The first kappa shape index (κ1) is 20.1. The molecule has 0 saturated heterocycles. The summed E-state index contributed by atoms with van der Waals surface area (Å²) in [5.41, 5.74) is 9.80. The Bertz CT molecular complexity index is 1000. The van der Waals surface area contributed by atoms with Crippen molar-refractivity contribution in [3.63, 3.8) is 0 Å². The van der Waals surface area contributed by atoms with Gasteiger partial charge in [0.25, 0.3) is 5.91 Å². The number of aryl methyl sites for hydroxylation is 1. The van der Waals surface area contributed by atoms with E-state index >= 15 is 0 Å². The number of pyridine rings is 1. The second-order valence-corrected chi connectivity index (χ2v) is 7.73. The van der Waals surface area contributed by atoms with E-state index in [9.17, 15) is 4.79 Å². The highest BCUT2D eigenvalue weighted by molar-refractivity contribution is 5.95. The van der Waals surface area contributed by atoms with Crippen LogP contribution < -0.4 is 15.8 Å². The second kappa shape index (κ2) is 9.55. The van der Waals surface area contributed by atoms with E-state index in [1.54, 1.807) is 12.3 Å². The summed E-state index contributed by atoms with van der Waals surface area (Å²) in [6, 6.07) is 18.4. The van der Waals surface area contributed by atoms with Crippen LogP contribution in [0.25, 0.3) is 0 Å². The molecule has 0 bridgehead atoms. The molecule has 0 saturated carbocycles. The minimum Gasteiger partial charge on any atom is -0.456 e. The predicted octanol–water partition coefficient (Wildman–Crippen LogP) is 4.23. The van der Waals surface area contributed by atoms with Crippen LogP contribution in [0.3, 0.4) is 0 Å². The van der Waals surface area contributed by atoms with Crippen LogP contribution in [-0.2, 0) is 12.8 Å². The molecule has 0 fully saturated rings. The number of nitrogens with zero attached hydrogens (tertiary/aromatic N) is 1. The van der Waals surface area contributed by atoms with Crippen LogP contribution in [0.5, 0.6) is 11.5 Å². The number of nitrogens with two attached hydrogens (primary N) is 1. The quantitative estimate of drug-likeness (QED) is 0.554. The molecule has 1 atom stereocenters. The third kappa shape index (κ3) is 4.86. The van der Waals surface area contributed by atoms with Crippen molar-refractivity contribution in [1.82, 2.24) is 10.3 Å². The third-order valence-electron chi connectivity index (χ3n) is 5.65. The Labute approximate surface area is 177 Å². The van der Waals surface area contributed by atoms with E-state index in [1.807, 2.05) is 12.1 Å². The van der Waals surface area contributed by atoms with E-state index < -0.39 is 5.91 Å². The predicted molar refractivity (Wildman–Crippen MR) is 118 cm³/mol. The average Bonchev–Trinajstić information content (AvgIpc) is 2.78. The van der Waals surface area contributed by atoms with Crippen molar-refractivity contribution in [2.24, 2.45) is 5.73 Å². The monoisotopic (exact) mass is 401 g/mol. The van der Waals surface area contributed by atoms with Crippen molar-refractivity contribution in [1.29, 1.82) is 0 Å². The van der Waals surface area contributed by atoms with Crippen LogP contribution in [0.15, 0.2) is 67.0 Å². The zero-order valence-electron chi connectivity index (χ0n) is 17.0. The molecule has 0 aliphatic heterocycles. The first-order chi connectivity index (χ1) is 14.7. The van der Waals surface area contributed by atoms with Gasteiger partial charge in [0.1, 0.15) is 17.1 Å². The summed E-state index contributed by atoms with van der Waals surface area (Å²) in [6.07, 6.45) is 7.53.